The summed E-state index contributed by atoms with van der Waals surface area (Å²) in [5.74, 6) is 0. The second kappa shape index (κ2) is 5.57. The van der Waals surface area contributed by atoms with Crippen molar-refractivity contribution in [2.24, 2.45) is 0 Å². The lowest BCUT2D eigenvalue weighted by atomic mass is 10.2. The van der Waals surface area contributed by atoms with Crippen LogP contribution in [0.3, 0.4) is 0 Å². The molecule has 0 amide bonds. The van der Waals surface area contributed by atoms with E-state index in [9.17, 15) is 0 Å². The van der Waals surface area contributed by atoms with Crippen LogP contribution in [0.1, 0.15) is 5.56 Å². The van der Waals surface area contributed by atoms with E-state index in [0.717, 1.165) is 5.16 Å². The Kier molecular flexibility index (Phi) is 5.06. The SMILES string of the molecule is C[Si](C)(C)C(Cc1ccccc1I)[Si](C)(C)C. The highest BCUT2D eigenvalue weighted by Gasteiger charge is 2.37. The first-order valence-electron chi connectivity index (χ1n) is 6.36. The van der Waals surface area contributed by atoms with Crippen LogP contribution in [0.25, 0.3) is 0 Å². The first-order valence-corrected chi connectivity index (χ1v) is 14.6. The Balaban J connectivity index is 3.00. The average Bonchev–Trinajstić information content (AvgIpc) is 2.12. The minimum atomic E-state index is -1.07. The van der Waals surface area contributed by atoms with E-state index in [1.165, 1.54) is 9.99 Å². The lowest BCUT2D eigenvalue weighted by molar-refractivity contribution is 0.982. The number of rotatable bonds is 4. The molecule has 0 saturated carbocycles. The van der Waals surface area contributed by atoms with Gasteiger partial charge in [-0.1, -0.05) is 57.5 Å². The molecule has 3 heteroatoms. The van der Waals surface area contributed by atoms with E-state index in [2.05, 4.69) is 86.1 Å². The summed E-state index contributed by atoms with van der Waals surface area (Å²) in [6.07, 6.45) is 1.30. The number of halogens is 1. The van der Waals surface area contributed by atoms with Crippen molar-refractivity contribution in [3.05, 3.63) is 33.4 Å². The summed E-state index contributed by atoms with van der Waals surface area (Å²) in [6.45, 7) is 15.2. The molecular weight excluding hydrogens is 351 g/mol. The molecule has 0 unspecified atom stereocenters. The van der Waals surface area contributed by atoms with E-state index in [4.69, 9.17) is 0 Å². The maximum absolute atomic E-state index is 2.53. The van der Waals surface area contributed by atoms with Gasteiger partial charge >= 0.3 is 0 Å². The lowest BCUT2D eigenvalue weighted by Gasteiger charge is -2.38. The predicted molar refractivity (Wildman–Crippen MR) is 93.3 cm³/mol. The molecule has 96 valence electrons. The third kappa shape index (κ3) is 4.52. The molecule has 0 aromatic heterocycles. The molecule has 0 N–H and O–H groups in total. The third-order valence-corrected chi connectivity index (χ3v) is 14.3. The maximum atomic E-state index is 2.53. The average molecular weight is 376 g/mol. The van der Waals surface area contributed by atoms with Crippen molar-refractivity contribution >= 4 is 38.7 Å². The molecular formula is C14H25ISi2. The van der Waals surface area contributed by atoms with Crippen molar-refractivity contribution in [1.29, 1.82) is 0 Å². The quantitative estimate of drug-likeness (QED) is 0.486. The van der Waals surface area contributed by atoms with Crippen molar-refractivity contribution in [1.82, 2.24) is 0 Å². The van der Waals surface area contributed by atoms with Crippen LogP contribution in [-0.2, 0) is 6.42 Å². The van der Waals surface area contributed by atoms with Crippen LogP contribution in [0.2, 0.25) is 44.4 Å². The minimum absolute atomic E-state index is 0.964. The van der Waals surface area contributed by atoms with E-state index in [0.29, 0.717) is 0 Å². The molecule has 0 bridgehead atoms. The van der Waals surface area contributed by atoms with Crippen LogP contribution >= 0.6 is 22.6 Å². The Labute approximate surface area is 122 Å². The monoisotopic (exact) mass is 376 g/mol. The lowest BCUT2D eigenvalue weighted by Crippen LogP contribution is -2.45. The van der Waals surface area contributed by atoms with Gasteiger partial charge in [-0.2, -0.15) is 0 Å². The van der Waals surface area contributed by atoms with Gasteiger partial charge in [-0.3, -0.25) is 0 Å². The molecule has 0 saturated heterocycles. The number of hydrogen-bond donors (Lipinski definition) is 0. The fourth-order valence-corrected chi connectivity index (χ4v) is 15.5. The van der Waals surface area contributed by atoms with Crippen LogP contribution in [0.5, 0.6) is 0 Å². The topological polar surface area (TPSA) is 0 Å². The van der Waals surface area contributed by atoms with E-state index >= 15 is 0 Å². The van der Waals surface area contributed by atoms with Crippen molar-refractivity contribution in [2.45, 2.75) is 50.9 Å². The smallest absolute Gasteiger partial charge is 0.0450 e. The summed E-state index contributed by atoms with van der Waals surface area (Å²) >= 11 is 2.48. The van der Waals surface area contributed by atoms with Gasteiger partial charge in [-0.25, -0.2) is 0 Å². The van der Waals surface area contributed by atoms with Crippen molar-refractivity contribution in [3.8, 4) is 0 Å². The van der Waals surface area contributed by atoms with Gasteiger partial charge in [-0.15, -0.1) is 0 Å². The summed E-state index contributed by atoms with van der Waals surface area (Å²) in [5, 5.41) is 0.964. The van der Waals surface area contributed by atoms with Gasteiger partial charge in [0.25, 0.3) is 0 Å². The normalized spacial score (nSPS) is 13.2. The van der Waals surface area contributed by atoms with Gasteiger partial charge in [0, 0.05) is 19.7 Å². The summed E-state index contributed by atoms with van der Waals surface area (Å²) in [7, 11) is -2.14. The summed E-state index contributed by atoms with van der Waals surface area (Å²) in [6, 6.07) is 8.88. The van der Waals surface area contributed by atoms with E-state index in [-0.39, 0.29) is 0 Å². The van der Waals surface area contributed by atoms with Crippen LogP contribution in [0, 0.1) is 3.57 Å². The summed E-state index contributed by atoms with van der Waals surface area (Å²) in [4.78, 5) is 0. The van der Waals surface area contributed by atoms with E-state index in [1.807, 2.05) is 0 Å². The highest BCUT2D eigenvalue weighted by atomic mass is 127. The molecule has 1 aromatic carbocycles. The Morgan fingerprint density at radius 2 is 1.41 bits per heavy atom. The molecule has 0 spiro atoms. The first kappa shape index (κ1) is 15.4. The fraction of sp³-hybridized carbons (Fsp3) is 0.571. The van der Waals surface area contributed by atoms with Crippen LogP contribution in [0.4, 0.5) is 0 Å². The Hall–Kier alpha value is 0.384. The zero-order valence-electron chi connectivity index (χ0n) is 12.0. The van der Waals surface area contributed by atoms with Crippen molar-refractivity contribution in [2.75, 3.05) is 0 Å². The summed E-state index contributed by atoms with van der Waals surface area (Å²) in [5.41, 5.74) is 1.56. The molecule has 17 heavy (non-hydrogen) atoms. The third-order valence-electron chi connectivity index (χ3n) is 3.47. The van der Waals surface area contributed by atoms with Gasteiger partial charge in [0.15, 0.2) is 0 Å². The Morgan fingerprint density at radius 3 is 1.82 bits per heavy atom. The highest BCUT2D eigenvalue weighted by Crippen LogP contribution is 2.36. The maximum Gasteiger partial charge on any atom is 0.0450 e. The van der Waals surface area contributed by atoms with Gasteiger partial charge in [0.1, 0.15) is 0 Å². The minimum Gasteiger partial charge on any atom is -0.0695 e. The standard InChI is InChI=1S/C14H25ISi2/c1-16(2,3)14(17(4,5)6)11-12-9-7-8-10-13(12)15/h7-10,14H,11H2,1-6H3. The van der Waals surface area contributed by atoms with Gasteiger partial charge in [0.2, 0.25) is 0 Å². The van der Waals surface area contributed by atoms with Gasteiger partial charge in [-0.05, 0) is 45.8 Å². The molecule has 0 heterocycles. The second-order valence-corrected chi connectivity index (χ2v) is 19.7. The van der Waals surface area contributed by atoms with E-state index in [1.54, 1.807) is 5.56 Å². The van der Waals surface area contributed by atoms with Crippen LogP contribution in [-0.4, -0.2) is 16.1 Å². The van der Waals surface area contributed by atoms with Gasteiger partial charge in [0.05, 0.1) is 0 Å². The molecule has 0 radical (unpaired) electrons. The molecule has 0 nitrogen and oxygen atoms in total. The predicted octanol–water partition coefficient (Wildman–Crippen LogP) is 5.42. The molecule has 1 rings (SSSR count). The molecule has 0 aliphatic rings. The Morgan fingerprint density at radius 1 is 0.941 bits per heavy atom. The van der Waals surface area contributed by atoms with Crippen molar-refractivity contribution < 1.29 is 0 Å². The molecule has 1 aromatic rings. The first-order chi connectivity index (χ1) is 7.62. The zero-order chi connectivity index (χ0) is 13.3. The zero-order valence-corrected chi connectivity index (χ0v) is 16.1. The van der Waals surface area contributed by atoms with Gasteiger partial charge < -0.3 is 0 Å². The second-order valence-electron chi connectivity index (χ2n) is 7.08. The number of hydrogen-bond acceptors (Lipinski definition) is 0. The largest absolute Gasteiger partial charge is 0.0695 e. The summed E-state index contributed by atoms with van der Waals surface area (Å²) < 4.78 is 1.44. The van der Waals surface area contributed by atoms with E-state index < -0.39 is 16.1 Å². The van der Waals surface area contributed by atoms with Crippen LogP contribution < -0.4 is 0 Å². The number of benzene rings is 1. The fourth-order valence-electron chi connectivity index (χ4n) is 2.80. The van der Waals surface area contributed by atoms with Crippen LogP contribution in [0.15, 0.2) is 24.3 Å². The highest BCUT2D eigenvalue weighted by molar-refractivity contribution is 14.1. The molecule has 0 aliphatic heterocycles. The molecule has 0 fully saturated rings. The Bertz CT molecular complexity index is 361. The van der Waals surface area contributed by atoms with Crippen molar-refractivity contribution in [3.63, 3.8) is 0 Å². The molecule has 0 aliphatic carbocycles. The molecule has 0 atom stereocenters.